The molecule has 0 aliphatic carbocycles. The topological polar surface area (TPSA) is 46.1 Å². The van der Waals surface area contributed by atoms with E-state index in [-0.39, 0.29) is 11.7 Å². The monoisotopic (exact) mass is 285 g/mol. The van der Waals surface area contributed by atoms with E-state index < -0.39 is 0 Å². The number of piperidine rings is 1. The molecule has 1 aromatic carbocycles. The predicted octanol–water partition coefficient (Wildman–Crippen LogP) is 2.70. The Balaban J connectivity index is 1.89. The van der Waals surface area contributed by atoms with Crippen LogP contribution in [0.1, 0.15) is 12.8 Å². The zero-order valence-corrected chi connectivity index (χ0v) is 11.6. The maximum Gasteiger partial charge on any atom is 0.123 e. The summed E-state index contributed by atoms with van der Waals surface area (Å²) in [7, 11) is 0. The molecule has 1 saturated heterocycles. The average Bonchev–Trinajstić information content (AvgIpc) is 2.56. The minimum Gasteiger partial charge on any atom is -0.368 e. The Morgan fingerprint density at radius 3 is 2.57 bits per heavy atom. The number of halogens is 1. The molecule has 2 aromatic rings. The number of carbonyl (C=O) groups is 1. The first-order chi connectivity index (χ1) is 10.3. The molecule has 3 rings (SSSR count). The van der Waals surface area contributed by atoms with Crippen LogP contribution in [0.3, 0.4) is 0 Å². The number of nitrogens with zero attached hydrogens (tertiary/aromatic N) is 3. The lowest BCUT2D eigenvalue weighted by Gasteiger charge is -2.32. The Labute approximate surface area is 122 Å². The molecule has 0 N–H and O–H groups in total. The number of carbonyl (C=O) groups excluding carboxylic acids is 1. The molecule has 0 radical (unpaired) electrons. The Hall–Kier alpha value is -2.30. The third-order valence-electron chi connectivity index (χ3n) is 3.88. The summed E-state index contributed by atoms with van der Waals surface area (Å²) in [5.41, 5.74) is 2.61. The van der Waals surface area contributed by atoms with Crippen LogP contribution >= 0.6 is 0 Å². The quantitative estimate of drug-likeness (QED) is 0.813. The first-order valence-electron chi connectivity index (χ1n) is 7.04. The van der Waals surface area contributed by atoms with Crippen molar-refractivity contribution in [3.63, 3.8) is 0 Å². The fourth-order valence-corrected chi connectivity index (χ4v) is 2.66. The van der Waals surface area contributed by atoms with E-state index in [1.165, 1.54) is 18.5 Å². The minimum absolute atomic E-state index is 0.153. The number of aldehydes is 1. The third-order valence-corrected chi connectivity index (χ3v) is 3.88. The van der Waals surface area contributed by atoms with E-state index in [4.69, 9.17) is 0 Å². The number of aromatic nitrogens is 2. The highest BCUT2D eigenvalue weighted by Crippen LogP contribution is 2.30. The summed E-state index contributed by atoms with van der Waals surface area (Å²) in [4.78, 5) is 21.5. The number of anilines is 1. The molecule has 21 heavy (non-hydrogen) atoms. The van der Waals surface area contributed by atoms with E-state index in [1.54, 1.807) is 18.3 Å². The van der Waals surface area contributed by atoms with Gasteiger partial charge < -0.3 is 9.69 Å². The minimum atomic E-state index is -0.263. The SMILES string of the molecule is O=CC1CCN(c2cncnc2-c2ccc(F)cc2)CC1. The molecule has 0 atom stereocenters. The maximum atomic E-state index is 13.1. The molecular weight excluding hydrogens is 269 g/mol. The van der Waals surface area contributed by atoms with Crippen LogP contribution in [0.15, 0.2) is 36.8 Å². The van der Waals surface area contributed by atoms with E-state index in [0.29, 0.717) is 0 Å². The van der Waals surface area contributed by atoms with Crippen LogP contribution in [0.25, 0.3) is 11.3 Å². The van der Waals surface area contributed by atoms with Crippen LogP contribution < -0.4 is 4.90 Å². The maximum absolute atomic E-state index is 13.1. The number of hydrogen-bond donors (Lipinski definition) is 0. The van der Waals surface area contributed by atoms with Crippen molar-refractivity contribution < 1.29 is 9.18 Å². The van der Waals surface area contributed by atoms with E-state index in [1.807, 2.05) is 0 Å². The van der Waals surface area contributed by atoms with Gasteiger partial charge in [-0.2, -0.15) is 0 Å². The highest BCUT2D eigenvalue weighted by atomic mass is 19.1. The van der Waals surface area contributed by atoms with Crippen molar-refractivity contribution in [2.75, 3.05) is 18.0 Å². The van der Waals surface area contributed by atoms with Gasteiger partial charge in [-0.05, 0) is 37.1 Å². The van der Waals surface area contributed by atoms with Crippen molar-refractivity contribution in [1.29, 1.82) is 0 Å². The summed E-state index contributed by atoms with van der Waals surface area (Å²) in [6.45, 7) is 1.62. The van der Waals surface area contributed by atoms with Crippen molar-refractivity contribution in [2.24, 2.45) is 5.92 Å². The first kappa shape index (κ1) is 13.7. The van der Waals surface area contributed by atoms with Crippen LogP contribution in [-0.2, 0) is 4.79 Å². The Morgan fingerprint density at radius 1 is 1.19 bits per heavy atom. The molecule has 0 bridgehead atoms. The highest BCUT2D eigenvalue weighted by Gasteiger charge is 2.21. The van der Waals surface area contributed by atoms with Gasteiger partial charge in [0.25, 0.3) is 0 Å². The second kappa shape index (κ2) is 5.99. The van der Waals surface area contributed by atoms with Gasteiger partial charge in [-0.1, -0.05) is 0 Å². The molecule has 1 fully saturated rings. The zero-order chi connectivity index (χ0) is 14.7. The van der Waals surface area contributed by atoms with Gasteiger partial charge in [0.05, 0.1) is 17.6 Å². The number of benzene rings is 1. The van der Waals surface area contributed by atoms with Crippen LogP contribution in [0, 0.1) is 11.7 Å². The molecule has 2 heterocycles. The van der Waals surface area contributed by atoms with Gasteiger partial charge in [0.1, 0.15) is 18.4 Å². The molecule has 1 aliphatic rings. The Kier molecular flexibility index (Phi) is 3.90. The van der Waals surface area contributed by atoms with Crippen molar-refractivity contribution in [2.45, 2.75) is 12.8 Å². The molecule has 0 unspecified atom stereocenters. The molecule has 0 amide bonds. The predicted molar refractivity (Wildman–Crippen MR) is 78.4 cm³/mol. The fraction of sp³-hybridized carbons (Fsp3) is 0.312. The van der Waals surface area contributed by atoms with Gasteiger partial charge in [0, 0.05) is 24.6 Å². The van der Waals surface area contributed by atoms with E-state index >= 15 is 0 Å². The zero-order valence-electron chi connectivity index (χ0n) is 11.6. The van der Waals surface area contributed by atoms with Crippen molar-refractivity contribution in [3.8, 4) is 11.3 Å². The molecule has 0 saturated carbocycles. The number of hydrogen-bond acceptors (Lipinski definition) is 4. The van der Waals surface area contributed by atoms with Gasteiger partial charge in [-0.25, -0.2) is 14.4 Å². The van der Waals surface area contributed by atoms with Crippen LogP contribution in [0.2, 0.25) is 0 Å². The molecule has 1 aliphatic heterocycles. The summed E-state index contributed by atoms with van der Waals surface area (Å²) >= 11 is 0. The number of rotatable bonds is 3. The molecule has 1 aromatic heterocycles. The van der Waals surface area contributed by atoms with Crippen molar-refractivity contribution >= 4 is 12.0 Å². The van der Waals surface area contributed by atoms with Gasteiger partial charge in [0.15, 0.2) is 0 Å². The van der Waals surface area contributed by atoms with E-state index in [0.717, 1.165) is 49.2 Å². The second-order valence-electron chi connectivity index (χ2n) is 5.22. The molecular formula is C16H16FN3O. The summed E-state index contributed by atoms with van der Waals surface area (Å²) < 4.78 is 13.1. The van der Waals surface area contributed by atoms with Gasteiger partial charge >= 0.3 is 0 Å². The Morgan fingerprint density at radius 2 is 1.90 bits per heavy atom. The first-order valence-corrected chi connectivity index (χ1v) is 7.04. The van der Waals surface area contributed by atoms with Crippen LogP contribution in [0.5, 0.6) is 0 Å². The van der Waals surface area contributed by atoms with Gasteiger partial charge in [-0.3, -0.25) is 0 Å². The summed E-state index contributed by atoms with van der Waals surface area (Å²) in [5, 5.41) is 0. The summed E-state index contributed by atoms with van der Waals surface area (Å²) in [6, 6.07) is 6.30. The molecule has 0 spiro atoms. The summed E-state index contributed by atoms with van der Waals surface area (Å²) in [5.74, 6) is -0.110. The van der Waals surface area contributed by atoms with Gasteiger partial charge in [-0.15, -0.1) is 0 Å². The lowest BCUT2D eigenvalue weighted by Crippen LogP contribution is -2.34. The standard InChI is InChI=1S/C16H16FN3O/c17-14-3-1-13(2-4-14)16-15(9-18-11-19-16)20-7-5-12(10-21)6-8-20/h1-4,9-12H,5-8H2. The fourth-order valence-electron chi connectivity index (χ4n) is 2.66. The third kappa shape index (κ3) is 2.91. The smallest absolute Gasteiger partial charge is 0.123 e. The van der Waals surface area contributed by atoms with Crippen molar-refractivity contribution in [1.82, 2.24) is 9.97 Å². The van der Waals surface area contributed by atoms with Crippen LogP contribution in [0.4, 0.5) is 10.1 Å². The van der Waals surface area contributed by atoms with Crippen LogP contribution in [-0.4, -0.2) is 29.3 Å². The largest absolute Gasteiger partial charge is 0.368 e. The lowest BCUT2D eigenvalue weighted by atomic mass is 9.98. The second-order valence-corrected chi connectivity index (χ2v) is 5.22. The normalized spacial score (nSPS) is 16.0. The molecule has 4 nitrogen and oxygen atoms in total. The summed E-state index contributed by atoms with van der Waals surface area (Å²) in [6.07, 6.45) is 6.02. The highest BCUT2D eigenvalue weighted by molar-refractivity contribution is 5.74. The van der Waals surface area contributed by atoms with E-state index in [9.17, 15) is 9.18 Å². The van der Waals surface area contributed by atoms with E-state index in [2.05, 4.69) is 14.9 Å². The lowest BCUT2D eigenvalue weighted by molar-refractivity contribution is -0.111. The molecule has 108 valence electrons. The molecule has 5 heteroatoms. The van der Waals surface area contributed by atoms with Gasteiger partial charge in [0.2, 0.25) is 0 Å². The Bertz CT molecular complexity index is 622. The average molecular weight is 285 g/mol. The van der Waals surface area contributed by atoms with Crippen molar-refractivity contribution in [3.05, 3.63) is 42.6 Å².